The fraction of sp³-hybridized carbons (Fsp3) is 0.250. The van der Waals surface area contributed by atoms with Gasteiger partial charge in [0.2, 0.25) is 0 Å². The smallest absolute Gasteiger partial charge is 0.124 e. The molecule has 1 aliphatic rings. The molecule has 0 amide bonds. The monoisotopic (exact) mass is 291 g/mol. The number of phenols is 1. The number of fused-ring (bicyclic) bond motifs is 1. The molecule has 1 aliphatic heterocycles. The van der Waals surface area contributed by atoms with Crippen LogP contribution in [0.5, 0.6) is 11.5 Å². The molecule has 20 heavy (non-hydrogen) atoms. The third-order valence-corrected chi connectivity index (χ3v) is 3.42. The molecule has 3 rings (SSSR count). The maximum absolute atomic E-state index is 9.46. The number of halogens is 1. The fourth-order valence-corrected chi connectivity index (χ4v) is 2.46. The Balaban J connectivity index is 0.00000147. The first-order valence-corrected chi connectivity index (χ1v) is 6.56. The SMILES string of the molecule is Cl.Oc1cccc(CNC2CCOc3ccccc32)c1. The van der Waals surface area contributed by atoms with Gasteiger partial charge < -0.3 is 15.2 Å². The highest BCUT2D eigenvalue weighted by molar-refractivity contribution is 5.85. The molecule has 2 aromatic rings. The Morgan fingerprint density at radius 2 is 2.00 bits per heavy atom. The first kappa shape index (κ1) is 14.7. The Bertz CT molecular complexity index is 574. The molecule has 0 spiro atoms. The van der Waals surface area contributed by atoms with E-state index >= 15 is 0 Å². The standard InChI is InChI=1S/C16H17NO2.ClH/c18-13-5-3-4-12(10-13)11-17-15-8-9-19-16-7-2-1-6-14(15)16;/h1-7,10,15,17-18H,8-9,11H2;1H. The predicted octanol–water partition coefficient (Wildman–Crippen LogP) is 3.43. The molecule has 0 saturated carbocycles. The van der Waals surface area contributed by atoms with Crippen molar-refractivity contribution in [2.24, 2.45) is 0 Å². The van der Waals surface area contributed by atoms with Gasteiger partial charge in [-0.05, 0) is 23.8 Å². The first-order chi connectivity index (χ1) is 9.33. The van der Waals surface area contributed by atoms with Crippen LogP contribution in [0.2, 0.25) is 0 Å². The molecule has 2 aromatic carbocycles. The van der Waals surface area contributed by atoms with Gasteiger partial charge in [0.05, 0.1) is 6.61 Å². The van der Waals surface area contributed by atoms with Crippen LogP contribution in [0.3, 0.4) is 0 Å². The van der Waals surface area contributed by atoms with Crippen LogP contribution < -0.4 is 10.1 Å². The lowest BCUT2D eigenvalue weighted by Crippen LogP contribution is -2.26. The molecular weight excluding hydrogens is 274 g/mol. The van der Waals surface area contributed by atoms with Gasteiger partial charge >= 0.3 is 0 Å². The molecule has 0 radical (unpaired) electrons. The second-order valence-electron chi connectivity index (χ2n) is 4.78. The number of hydrogen-bond donors (Lipinski definition) is 2. The summed E-state index contributed by atoms with van der Waals surface area (Å²) in [7, 11) is 0. The zero-order valence-electron chi connectivity index (χ0n) is 11.1. The van der Waals surface area contributed by atoms with Crippen LogP contribution >= 0.6 is 12.4 Å². The van der Waals surface area contributed by atoms with Crippen LogP contribution in [0.1, 0.15) is 23.6 Å². The van der Waals surface area contributed by atoms with Gasteiger partial charge in [0.15, 0.2) is 0 Å². The molecule has 0 aromatic heterocycles. The van der Waals surface area contributed by atoms with E-state index in [1.54, 1.807) is 12.1 Å². The van der Waals surface area contributed by atoms with Crippen molar-refractivity contribution in [3.63, 3.8) is 0 Å². The van der Waals surface area contributed by atoms with E-state index in [2.05, 4.69) is 11.4 Å². The van der Waals surface area contributed by atoms with Crippen molar-refractivity contribution >= 4 is 12.4 Å². The number of nitrogens with one attached hydrogen (secondary N) is 1. The van der Waals surface area contributed by atoms with E-state index in [1.807, 2.05) is 30.3 Å². The van der Waals surface area contributed by atoms with Gasteiger partial charge in [0.1, 0.15) is 11.5 Å². The Morgan fingerprint density at radius 3 is 2.85 bits per heavy atom. The zero-order chi connectivity index (χ0) is 13.1. The number of para-hydroxylation sites is 1. The number of rotatable bonds is 3. The number of phenolic OH excluding ortho intramolecular Hbond substituents is 1. The van der Waals surface area contributed by atoms with Gasteiger partial charge in [-0.25, -0.2) is 0 Å². The second-order valence-corrected chi connectivity index (χ2v) is 4.78. The summed E-state index contributed by atoms with van der Waals surface area (Å²) in [6.45, 7) is 1.49. The molecule has 0 fully saturated rings. The molecule has 2 N–H and O–H groups in total. The average Bonchev–Trinajstić information content (AvgIpc) is 2.45. The van der Waals surface area contributed by atoms with Crippen LogP contribution in [-0.4, -0.2) is 11.7 Å². The summed E-state index contributed by atoms with van der Waals surface area (Å²) in [5.41, 5.74) is 2.30. The van der Waals surface area contributed by atoms with Crippen molar-refractivity contribution in [1.82, 2.24) is 5.32 Å². The lowest BCUT2D eigenvalue weighted by molar-refractivity contribution is 0.252. The lowest BCUT2D eigenvalue weighted by atomic mass is 10.0. The molecule has 0 bridgehead atoms. The number of ether oxygens (including phenoxy) is 1. The van der Waals surface area contributed by atoms with E-state index in [1.165, 1.54) is 5.56 Å². The second kappa shape index (κ2) is 6.64. The maximum atomic E-state index is 9.46. The quantitative estimate of drug-likeness (QED) is 0.910. The number of aromatic hydroxyl groups is 1. The van der Waals surface area contributed by atoms with Crippen LogP contribution in [0.25, 0.3) is 0 Å². The highest BCUT2D eigenvalue weighted by Crippen LogP contribution is 2.31. The molecule has 4 heteroatoms. The molecule has 3 nitrogen and oxygen atoms in total. The summed E-state index contributed by atoms with van der Waals surface area (Å²) in [5, 5.41) is 13.0. The Labute approximate surface area is 125 Å². The summed E-state index contributed by atoms with van der Waals surface area (Å²) in [6, 6.07) is 15.8. The molecule has 1 atom stereocenters. The molecule has 106 valence electrons. The van der Waals surface area contributed by atoms with Crippen LogP contribution in [0, 0.1) is 0 Å². The van der Waals surface area contributed by atoms with E-state index in [-0.39, 0.29) is 12.4 Å². The number of benzene rings is 2. The van der Waals surface area contributed by atoms with Crippen molar-refractivity contribution in [2.45, 2.75) is 19.0 Å². The van der Waals surface area contributed by atoms with Gasteiger partial charge in [-0.2, -0.15) is 0 Å². The first-order valence-electron chi connectivity index (χ1n) is 6.56. The predicted molar refractivity (Wildman–Crippen MR) is 81.5 cm³/mol. The zero-order valence-corrected chi connectivity index (χ0v) is 11.9. The highest BCUT2D eigenvalue weighted by Gasteiger charge is 2.20. The molecule has 0 aliphatic carbocycles. The molecular formula is C16H18ClNO2. The van der Waals surface area contributed by atoms with Crippen LogP contribution in [-0.2, 0) is 6.54 Å². The maximum Gasteiger partial charge on any atom is 0.124 e. The van der Waals surface area contributed by atoms with Gasteiger partial charge in [0, 0.05) is 24.6 Å². The Morgan fingerprint density at radius 1 is 1.15 bits per heavy atom. The molecule has 1 heterocycles. The van der Waals surface area contributed by atoms with Gasteiger partial charge in [0.25, 0.3) is 0 Å². The minimum Gasteiger partial charge on any atom is -0.508 e. The average molecular weight is 292 g/mol. The van der Waals surface area contributed by atoms with Gasteiger partial charge in [-0.1, -0.05) is 30.3 Å². The Kier molecular flexibility index (Phi) is 4.88. The van der Waals surface area contributed by atoms with Crippen LogP contribution in [0.15, 0.2) is 48.5 Å². The largest absolute Gasteiger partial charge is 0.508 e. The van der Waals surface area contributed by atoms with Crippen molar-refractivity contribution in [3.05, 3.63) is 59.7 Å². The van der Waals surface area contributed by atoms with E-state index in [9.17, 15) is 5.11 Å². The van der Waals surface area contributed by atoms with E-state index < -0.39 is 0 Å². The summed E-state index contributed by atoms with van der Waals surface area (Å²) in [4.78, 5) is 0. The minimum atomic E-state index is 0. The molecule has 0 saturated heterocycles. The van der Waals surface area contributed by atoms with E-state index in [0.717, 1.165) is 30.9 Å². The fourth-order valence-electron chi connectivity index (χ4n) is 2.46. The normalized spacial score (nSPS) is 16.7. The summed E-state index contributed by atoms with van der Waals surface area (Å²) in [6.07, 6.45) is 0.968. The van der Waals surface area contributed by atoms with Crippen molar-refractivity contribution in [1.29, 1.82) is 0 Å². The van der Waals surface area contributed by atoms with Crippen molar-refractivity contribution in [3.8, 4) is 11.5 Å². The van der Waals surface area contributed by atoms with E-state index in [4.69, 9.17) is 4.74 Å². The number of hydrogen-bond acceptors (Lipinski definition) is 3. The topological polar surface area (TPSA) is 41.5 Å². The van der Waals surface area contributed by atoms with Gasteiger partial charge in [-0.15, -0.1) is 12.4 Å². The van der Waals surface area contributed by atoms with E-state index in [0.29, 0.717) is 11.8 Å². The van der Waals surface area contributed by atoms with Crippen LogP contribution in [0.4, 0.5) is 0 Å². The third-order valence-electron chi connectivity index (χ3n) is 3.42. The Hall–Kier alpha value is -1.71. The highest BCUT2D eigenvalue weighted by atomic mass is 35.5. The van der Waals surface area contributed by atoms with Crippen molar-refractivity contribution in [2.75, 3.05) is 6.61 Å². The minimum absolute atomic E-state index is 0. The van der Waals surface area contributed by atoms with Gasteiger partial charge in [-0.3, -0.25) is 0 Å². The molecule has 1 unspecified atom stereocenters. The summed E-state index contributed by atoms with van der Waals surface area (Å²) >= 11 is 0. The summed E-state index contributed by atoms with van der Waals surface area (Å²) in [5.74, 6) is 1.29. The lowest BCUT2D eigenvalue weighted by Gasteiger charge is -2.26. The van der Waals surface area contributed by atoms with Crippen molar-refractivity contribution < 1.29 is 9.84 Å². The third kappa shape index (κ3) is 3.24. The summed E-state index contributed by atoms with van der Waals surface area (Å²) < 4.78 is 5.64.